The minimum atomic E-state index is -0.137. The Morgan fingerprint density at radius 1 is 1.03 bits per heavy atom. The molecule has 0 saturated carbocycles. The van der Waals surface area contributed by atoms with E-state index in [0.717, 1.165) is 97.7 Å². The van der Waals surface area contributed by atoms with Gasteiger partial charge in [0.05, 0.1) is 4.70 Å². The van der Waals surface area contributed by atoms with Gasteiger partial charge in [0.15, 0.2) is 0 Å². The van der Waals surface area contributed by atoms with Crippen LogP contribution in [-0.2, 0) is 17.6 Å². The van der Waals surface area contributed by atoms with E-state index in [1.54, 1.807) is 6.07 Å². The molecule has 0 radical (unpaired) electrons. The zero-order valence-electron chi connectivity index (χ0n) is 20.8. The van der Waals surface area contributed by atoms with Crippen LogP contribution in [0.15, 0.2) is 47.3 Å². The first-order valence-electron chi connectivity index (χ1n) is 13.1. The first-order valence-corrected chi connectivity index (χ1v) is 15.0. The molecule has 1 aliphatic rings. The average molecular weight is 528 g/mol. The van der Waals surface area contributed by atoms with E-state index < -0.39 is 0 Å². The molecule has 194 valence electrons. The van der Waals surface area contributed by atoms with E-state index in [4.69, 9.17) is 0 Å². The Kier molecular flexibility index (Phi) is 10.3. The summed E-state index contributed by atoms with van der Waals surface area (Å²) in [6.07, 6.45) is 7.59. The van der Waals surface area contributed by atoms with Crippen molar-refractivity contribution >= 4 is 39.2 Å². The number of phenolic OH excluding ortho intramolecular Hbond substituents is 1. The summed E-state index contributed by atoms with van der Waals surface area (Å²) < 4.78 is 0.858. The van der Waals surface area contributed by atoms with Gasteiger partial charge in [-0.15, -0.1) is 0 Å². The number of carbonyl (C=O) groups is 1. The lowest BCUT2D eigenvalue weighted by atomic mass is 10.0. The van der Waals surface area contributed by atoms with Gasteiger partial charge in [0, 0.05) is 25.6 Å². The van der Waals surface area contributed by atoms with Gasteiger partial charge in [-0.3, -0.25) is 9.59 Å². The van der Waals surface area contributed by atoms with Crippen LogP contribution >= 0.6 is 23.1 Å². The number of thiazole rings is 1. The van der Waals surface area contributed by atoms with Gasteiger partial charge in [0.2, 0.25) is 5.91 Å². The monoisotopic (exact) mass is 527 g/mol. The number of unbranched alkanes of at least 4 members (excludes halogenated alkanes) is 2. The second-order valence-electron chi connectivity index (χ2n) is 9.44. The Morgan fingerprint density at radius 2 is 1.83 bits per heavy atom. The Hall–Kier alpha value is -2.29. The molecule has 4 rings (SSSR count). The number of aromatic amines is 1. The van der Waals surface area contributed by atoms with Crippen LogP contribution in [0.4, 0.5) is 0 Å². The van der Waals surface area contributed by atoms with Gasteiger partial charge in [-0.1, -0.05) is 54.2 Å². The largest absolute Gasteiger partial charge is 0.506 e. The summed E-state index contributed by atoms with van der Waals surface area (Å²) in [6.45, 7) is 2.43. The summed E-state index contributed by atoms with van der Waals surface area (Å²) in [5.74, 6) is 2.68. The van der Waals surface area contributed by atoms with Gasteiger partial charge in [-0.05, 0) is 73.8 Å². The fourth-order valence-electron chi connectivity index (χ4n) is 4.89. The summed E-state index contributed by atoms with van der Waals surface area (Å²) in [5, 5.41) is 13.4. The van der Waals surface area contributed by atoms with Crippen molar-refractivity contribution in [3.05, 3.63) is 63.3 Å². The Balaban J connectivity index is 1.22. The maximum Gasteiger partial charge on any atom is 0.305 e. The van der Waals surface area contributed by atoms with Gasteiger partial charge in [-0.2, -0.15) is 11.8 Å². The molecule has 0 unspecified atom stereocenters. The van der Waals surface area contributed by atoms with Crippen molar-refractivity contribution in [1.29, 1.82) is 0 Å². The third-order valence-corrected chi connectivity index (χ3v) is 8.89. The van der Waals surface area contributed by atoms with E-state index >= 15 is 0 Å². The number of thioether (sulfide) groups is 1. The molecule has 0 aliphatic carbocycles. The van der Waals surface area contributed by atoms with Gasteiger partial charge in [0.25, 0.3) is 0 Å². The molecule has 2 aromatic carbocycles. The van der Waals surface area contributed by atoms with Crippen molar-refractivity contribution in [2.45, 2.75) is 57.4 Å². The van der Waals surface area contributed by atoms with Crippen LogP contribution in [0.5, 0.6) is 5.75 Å². The minimum absolute atomic E-state index is 0.126. The lowest BCUT2D eigenvalue weighted by Gasteiger charge is -2.34. The normalized spacial score (nSPS) is 14.3. The highest BCUT2D eigenvalue weighted by Gasteiger charge is 2.24. The second-order valence-corrected chi connectivity index (χ2v) is 11.6. The first-order chi connectivity index (χ1) is 17.6. The number of aromatic nitrogens is 1. The standard InChI is InChI=1S/C28H37N3O3S2/c32-24-11-10-22(27-26(24)30-28(34)36-27)9-5-2-6-18-31(23-14-19-35-20-15-23)25(33)13-17-29-16-12-21-7-3-1-4-8-21/h1,3-4,7-8,10-11,23,29,32H,2,5-6,9,12-20H2,(H,30,34). The molecule has 0 bridgehead atoms. The van der Waals surface area contributed by atoms with Crippen molar-refractivity contribution in [2.24, 2.45) is 0 Å². The predicted molar refractivity (Wildman–Crippen MR) is 151 cm³/mol. The Labute approximate surface area is 221 Å². The Morgan fingerprint density at radius 3 is 2.64 bits per heavy atom. The van der Waals surface area contributed by atoms with E-state index in [1.165, 1.54) is 5.56 Å². The zero-order valence-corrected chi connectivity index (χ0v) is 22.5. The number of hydrogen-bond donors (Lipinski definition) is 3. The number of aromatic hydroxyl groups is 1. The number of aryl methyl sites for hydroxylation is 1. The second kappa shape index (κ2) is 13.9. The molecule has 6 nitrogen and oxygen atoms in total. The number of fused-ring (bicyclic) bond motifs is 1. The van der Waals surface area contributed by atoms with Crippen molar-refractivity contribution in [1.82, 2.24) is 15.2 Å². The number of benzene rings is 2. The van der Waals surface area contributed by atoms with Crippen LogP contribution in [-0.4, -0.2) is 58.1 Å². The lowest BCUT2D eigenvalue weighted by molar-refractivity contribution is -0.133. The van der Waals surface area contributed by atoms with Gasteiger partial charge >= 0.3 is 4.87 Å². The molecule has 1 saturated heterocycles. The van der Waals surface area contributed by atoms with Gasteiger partial charge < -0.3 is 20.3 Å². The van der Waals surface area contributed by atoms with Crippen LogP contribution in [0.1, 0.15) is 49.7 Å². The van der Waals surface area contributed by atoms with E-state index in [-0.39, 0.29) is 16.5 Å². The smallest absolute Gasteiger partial charge is 0.305 e. The van der Waals surface area contributed by atoms with Gasteiger partial charge in [0.1, 0.15) is 11.3 Å². The highest BCUT2D eigenvalue weighted by atomic mass is 32.2. The quantitative estimate of drug-likeness (QED) is 0.274. The molecule has 2 heterocycles. The summed E-state index contributed by atoms with van der Waals surface area (Å²) in [6, 6.07) is 14.4. The van der Waals surface area contributed by atoms with E-state index in [1.807, 2.05) is 23.9 Å². The first kappa shape index (κ1) is 26.8. The topological polar surface area (TPSA) is 85.4 Å². The number of H-pyrrole nitrogens is 1. The molecular weight excluding hydrogens is 490 g/mol. The number of phenols is 1. The van der Waals surface area contributed by atoms with Crippen LogP contribution in [0, 0.1) is 0 Å². The van der Waals surface area contributed by atoms with E-state index in [9.17, 15) is 14.7 Å². The molecule has 1 aliphatic heterocycles. The molecular formula is C28H37N3O3S2. The third kappa shape index (κ3) is 7.60. The number of nitrogens with zero attached hydrogens (tertiary/aromatic N) is 1. The number of hydrogen-bond acceptors (Lipinski definition) is 6. The predicted octanol–water partition coefficient (Wildman–Crippen LogP) is 4.95. The van der Waals surface area contributed by atoms with Crippen molar-refractivity contribution in [3.63, 3.8) is 0 Å². The molecule has 3 N–H and O–H groups in total. The lowest BCUT2D eigenvalue weighted by Crippen LogP contribution is -2.43. The summed E-state index contributed by atoms with van der Waals surface area (Å²) in [7, 11) is 0. The molecule has 1 fully saturated rings. The van der Waals surface area contributed by atoms with Crippen molar-refractivity contribution in [3.8, 4) is 5.75 Å². The SMILES string of the molecule is O=C(CCNCCc1ccccc1)N(CCCCCc1ccc(O)c2[nH]c(=O)sc12)C1CCSCC1. The van der Waals surface area contributed by atoms with Gasteiger partial charge in [-0.25, -0.2) is 0 Å². The number of amides is 1. The van der Waals surface area contributed by atoms with E-state index in [0.29, 0.717) is 18.0 Å². The number of carbonyl (C=O) groups excluding carboxylic acids is 1. The van der Waals surface area contributed by atoms with Crippen LogP contribution in [0.3, 0.4) is 0 Å². The molecule has 0 atom stereocenters. The Bertz CT molecular complexity index is 1160. The maximum absolute atomic E-state index is 13.2. The fourth-order valence-corrected chi connectivity index (χ4v) is 6.87. The number of nitrogens with one attached hydrogen (secondary N) is 2. The molecule has 3 aromatic rings. The van der Waals surface area contributed by atoms with Crippen molar-refractivity contribution in [2.75, 3.05) is 31.1 Å². The molecule has 0 spiro atoms. The zero-order chi connectivity index (χ0) is 25.2. The fraction of sp³-hybridized carbons (Fsp3) is 0.500. The van der Waals surface area contributed by atoms with Crippen LogP contribution in [0.25, 0.3) is 10.2 Å². The summed E-state index contributed by atoms with van der Waals surface area (Å²) in [4.78, 5) is 29.7. The van der Waals surface area contributed by atoms with Crippen molar-refractivity contribution < 1.29 is 9.90 Å². The maximum atomic E-state index is 13.2. The van der Waals surface area contributed by atoms with Crippen LogP contribution in [0.2, 0.25) is 0 Å². The molecule has 36 heavy (non-hydrogen) atoms. The highest BCUT2D eigenvalue weighted by molar-refractivity contribution is 7.99. The average Bonchev–Trinajstić information content (AvgIpc) is 3.30. The number of rotatable bonds is 13. The summed E-state index contributed by atoms with van der Waals surface area (Å²) >= 11 is 3.15. The van der Waals surface area contributed by atoms with Crippen LogP contribution < -0.4 is 10.2 Å². The minimum Gasteiger partial charge on any atom is -0.506 e. The molecule has 8 heteroatoms. The molecule has 1 aromatic heterocycles. The molecule has 1 amide bonds. The highest BCUT2D eigenvalue weighted by Crippen LogP contribution is 2.29. The summed E-state index contributed by atoms with van der Waals surface area (Å²) in [5.41, 5.74) is 2.97. The third-order valence-electron chi connectivity index (χ3n) is 6.89. The van der Waals surface area contributed by atoms with E-state index in [2.05, 4.69) is 39.5 Å².